The molecule has 0 spiro atoms. The SMILES string of the molecule is O=Cc1c[nH]c2ccc(OCCN3CCOCC3)cc12. The Morgan fingerprint density at radius 1 is 1.35 bits per heavy atom. The van der Waals surface area contributed by atoms with E-state index in [1.165, 1.54) is 0 Å². The van der Waals surface area contributed by atoms with E-state index in [1.54, 1.807) is 6.20 Å². The zero-order chi connectivity index (χ0) is 13.8. The van der Waals surface area contributed by atoms with E-state index in [4.69, 9.17) is 9.47 Å². The number of ether oxygens (including phenoxy) is 2. The lowest BCUT2D eigenvalue weighted by atomic mass is 10.2. The van der Waals surface area contributed by atoms with Crippen LogP contribution in [0.25, 0.3) is 10.9 Å². The molecule has 1 aromatic heterocycles. The second-order valence-corrected chi connectivity index (χ2v) is 4.87. The van der Waals surface area contributed by atoms with Gasteiger partial charge in [0.15, 0.2) is 6.29 Å². The number of benzene rings is 1. The largest absolute Gasteiger partial charge is 0.492 e. The van der Waals surface area contributed by atoms with Crippen molar-refractivity contribution >= 4 is 17.2 Å². The Hall–Kier alpha value is -1.85. The molecule has 2 aromatic rings. The zero-order valence-corrected chi connectivity index (χ0v) is 11.3. The Bertz CT molecular complexity index is 588. The van der Waals surface area contributed by atoms with Gasteiger partial charge in [0.05, 0.1) is 13.2 Å². The molecule has 1 saturated heterocycles. The van der Waals surface area contributed by atoms with Crippen molar-refractivity contribution in [3.63, 3.8) is 0 Å². The number of nitrogens with one attached hydrogen (secondary N) is 1. The topological polar surface area (TPSA) is 54.6 Å². The molecule has 2 heterocycles. The standard InChI is InChI=1S/C15H18N2O3/c18-11-12-10-16-15-2-1-13(9-14(12)15)20-8-5-17-3-6-19-7-4-17/h1-2,9-11,16H,3-8H2. The Balaban J connectivity index is 1.60. The highest BCUT2D eigenvalue weighted by atomic mass is 16.5. The monoisotopic (exact) mass is 274 g/mol. The molecular weight excluding hydrogens is 256 g/mol. The number of rotatable bonds is 5. The van der Waals surface area contributed by atoms with Crippen molar-refractivity contribution in [2.24, 2.45) is 0 Å². The van der Waals surface area contributed by atoms with Crippen LogP contribution in [0.4, 0.5) is 0 Å². The Kier molecular flexibility index (Phi) is 3.99. The third kappa shape index (κ3) is 2.84. The molecule has 0 amide bonds. The molecule has 5 nitrogen and oxygen atoms in total. The molecule has 0 bridgehead atoms. The van der Waals surface area contributed by atoms with E-state index in [2.05, 4.69) is 9.88 Å². The van der Waals surface area contributed by atoms with Crippen LogP contribution < -0.4 is 4.74 Å². The predicted molar refractivity (Wildman–Crippen MR) is 76.4 cm³/mol. The van der Waals surface area contributed by atoms with Crippen LogP contribution in [0.1, 0.15) is 10.4 Å². The molecule has 20 heavy (non-hydrogen) atoms. The molecule has 1 fully saturated rings. The number of aromatic amines is 1. The number of carbonyl (C=O) groups is 1. The fourth-order valence-electron chi connectivity index (χ4n) is 2.43. The van der Waals surface area contributed by atoms with Gasteiger partial charge in [-0.3, -0.25) is 9.69 Å². The van der Waals surface area contributed by atoms with Gasteiger partial charge in [0.2, 0.25) is 0 Å². The van der Waals surface area contributed by atoms with Crippen molar-refractivity contribution in [2.45, 2.75) is 0 Å². The first-order valence-corrected chi connectivity index (χ1v) is 6.86. The second-order valence-electron chi connectivity index (χ2n) is 4.87. The summed E-state index contributed by atoms with van der Waals surface area (Å²) in [6, 6.07) is 5.77. The summed E-state index contributed by atoms with van der Waals surface area (Å²) in [4.78, 5) is 16.3. The molecule has 0 radical (unpaired) electrons. The lowest BCUT2D eigenvalue weighted by Crippen LogP contribution is -2.38. The number of nitrogens with zero attached hydrogens (tertiary/aromatic N) is 1. The molecule has 0 aliphatic carbocycles. The van der Waals surface area contributed by atoms with Gasteiger partial charge in [0.1, 0.15) is 12.4 Å². The predicted octanol–water partition coefficient (Wildman–Crippen LogP) is 1.69. The highest BCUT2D eigenvalue weighted by Gasteiger charge is 2.10. The number of hydrogen-bond donors (Lipinski definition) is 1. The first-order chi connectivity index (χ1) is 9.86. The van der Waals surface area contributed by atoms with E-state index in [1.807, 2.05) is 18.2 Å². The van der Waals surface area contributed by atoms with Gasteiger partial charge in [-0.1, -0.05) is 0 Å². The van der Waals surface area contributed by atoms with Gasteiger partial charge in [0, 0.05) is 42.3 Å². The van der Waals surface area contributed by atoms with Crippen LogP contribution in [0, 0.1) is 0 Å². The minimum Gasteiger partial charge on any atom is -0.492 e. The fourth-order valence-corrected chi connectivity index (χ4v) is 2.43. The van der Waals surface area contributed by atoms with Crippen molar-refractivity contribution in [1.82, 2.24) is 9.88 Å². The highest BCUT2D eigenvalue weighted by molar-refractivity contribution is 5.97. The number of aromatic nitrogens is 1. The van der Waals surface area contributed by atoms with E-state index >= 15 is 0 Å². The Morgan fingerprint density at radius 3 is 3.00 bits per heavy atom. The van der Waals surface area contributed by atoms with Crippen molar-refractivity contribution in [3.05, 3.63) is 30.0 Å². The summed E-state index contributed by atoms with van der Waals surface area (Å²) < 4.78 is 11.1. The normalized spacial score (nSPS) is 16.4. The van der Waals surface area contributed by atoms with Gasteiger partial charge >= 0.3 is 0 Å². The van der Waals surface area contributed by atoms with Gasteiger partial charge in [0.25, 0.3) is 0 Å². The minimum absolute atomic E-state index is 0.645. The van der Waals surface area contributed by atoms with Gasteiger partial charge in [-0.05, 0) is 18.2 Å². The molecular formula is C15H18N2O3. The fraction of sp³-hybridized carbons (Fsp3) is 0.400. The quantitative estimate of drug-likeness (QED) is 0.843. The maximum absolute atomic E-state index is 10.9. The highest BCUT2D eigenvalue weighted by Crippen LogP contribution is 2.22. The zero-order valence-electron chi connectivity index (χ0n) is 11.3. The number of morpholine rings is 1. The number of hydrogen-bond acceptors (Lipinski definition) is 4. The minimum atomic E-state index is 0.645. The second kappa shape index (κ2) is 6.07. The van der Waals surface area contributed by atoms with Crippen LogP contribution in [0.2, 0.25) is 0 Å². The number of H-pyrrole nitrogens is 1. The molecule has 0 atom stereocenters. The lowest BCUT2D eigenvalue weighted by molar-refractivity contribution is 0.0322. The van der Waals surface area contributed by atoms with Crippen LogP contribution in [-0.4, -0.2) is 55.6 Å². The average Bonchev–Trinajstić information content (AvgIpc) is 2.91. The number of aldehydes is 1. The molecule has 0 unspecified atom stereocenters. The van der Waals surface area contributed by atoms with E-state index in [-0.39, 0.29) is 0 Å². The lowest BCUT2D eigenvalue weighted by Gasteiger charge is -2.26. The van der Waals surface area contributed by atoms with E-state index < -0.39 is 0 Å². The van der Waals surface area contributed by atoms with E-state index in [0.717, 1.165) is 55.8 Å². The van der Waals surface area contributed by atoms with Gasteiger partial charge in [-0.15, -0.1) is 0 Å². The maximum atomic E-state index is 10.9. The van der Waals surface area contributed by atoms with Crippen LogP contribution in [-0.2, 0) is 4.74 Å². The summed E-state index contributed by atoms with van der Waals surface area (Å²) >= 11 is 0. The smallest absolute Gasteiger partial charge is 0.152 e. The summed E-state index contributed by atoms with van der Waals surface area (Å²) in [6.45, 7) is 5.09. The Morgan fingerprint density at radius 2 is 2.20 bits per heavy atom. The summed E-state index contributed by atoms with van der Waals surface area (Å²) in [5.41, 5.74) is 1.62. The number of carbonyl (C=O) groups excluding carboxylic acids is 1. The van der Waals surface area contributed by atoms with Gasteiger partial charge in [-0.2, -0.15) is 0 Å². The van der Waals surface area contributed by atoms with Crippen molar-refractivity contribution in [2.75, 3.05) is 39.5 Å². The summed E-state index contributed by atoms with van der Waals surface area (Å²) in [7, 11) is 0. The van der Waals surface area contributed by atoms with Crippen molar-refractivity contribution in [1.29, 1.82) is 0 Å². The first kappa shape index (κ1) is 13.1. The molecule has 106 valence electrons. The van der Waals surface area contributed by atoms with E-state index in [9.17, 15) is 4.79 Å². The molecule has 0 saturated carbocycles. The molecule has 5 heteroatoms. The van der Waals surface area contributed by atoms with Crippen molar-refractivity contribution < 1.29 is 14.3 Å². The maximum Gasteiger partial charge on any atom is 0.152 e. The van der Waals surface area contributed by atoms with Gasteiger partial charge < -0.3 is 14.5 Å². The summed E-state index contributed by atoms with van der Waals surface area (Å²) in [6.07, 6.45) is 2.57. The molecule has 1 N–H and O–H groups in total. The molecule has 1 aliphatic rings. The van der Waals surface area contributed by atoms with Crippen LogP contribution >= 0.6 is 0 Å². The van der Waals surface area contributed by atoms with Crippen LogP contribution in [0.5, 0.6) is 5.75 Å². The van der Waals surface area contributed by atoms with Crippen LogP contribution in [0.15, 0.2) is 24.4 Å². The van der Waals surface area contributed by atoms with Crippen LogP contribution in [0.3, 0.4) is 0 Å². The average molecular weight is 274 g/mol. The van der Waals surface area contributed by atoms with Crippen molar-refractivity contribution in [3.8, 4) is 5.75 Å². The first-order valence-electron chi connectivity index (χ1n) is 6.86. The van der Waals surface area contributed by atoms with E-state index in [0.29, 0.717) is 12.2 Å². The summed E-state index contributed by atoms with van der Waals surface area (Å²) in [5.74, 6) is 0.799. The third-order valence-corrected chi connectivity index (χ3v) is 3.59. The van der Waals surface area contributed by atoms with Gasteiger partial charge in [-0.25, -0.2) is 0 Å². The molecule has 1 aromatic carbocycles. The third-order valence-electron chi connectivity index (χ3n) is 3.59. The number of fused-ring (bicyclic) bond motifs is 1. The summed E-state index contributed by atoms with van der Waals surface area (Å²) in [5, 5.41) is 0.906. The molecule has 1 aliphatic heterocycles. The molecule has 3 rings (SSSR count). The Labute approximate surface area is 117 Å².